The van der Waals surface area contributed by atoms with E-state index in [1.165, 1.54) is 11.8 Å². The van der Waals surface area contributed by atoms with Crippen LogP contribution in [0.3, 0.4) is 0 Å². The van der Waals surface area contributed by atoms with Gasteiger partial charge in [-0.3, -0.25) is 28.8 Å². The highest BCUT2D eigenvalue weighted by molar-refractivity contribution is 7.98. The number of carboxylic acids is 1. The highest BCUT2D eigenvalue weighted by Crippen LogP contribution is 2.19. The van der Waals surface area contributed by atoms with Crippen LogP contribution < -0.4 is 38.5 Å². The molecule has 1 aromatic heterocycles. The Morgan fingerprint density at radius 1 is 0.725 bits per heavy atom. The average Bonchev–Trinajstić information content (AvgIpc) is 3.50. The molecule has 12 N–H and O–H groups in total. The second-order valence-electron chi connectivity index (χ2n) is 11.9. The van der Waals surface area contributed by atoms with E-state index in [4.69, 9.17) is 17.2 Å². The first-order valence-electron chi connectivity index (χ1n) is 16.1. The van der Waals surface area contributed by atoms with Gasteiger partial charge < -0.3 is 48.6 Å². The monoisotopic (exact) mass is 724 g/mol. The van der Waals surface area contributed by atoms with E-state index in [2.05, 4.69) is 26.3 Å². The van der Waals surface area contributed by atoms with E-state index in [0.717, 1.165) is 10.9 Å². The van der Waals surface area contributed by atoms with Crippen molar-refractivity contribution < 1.29 is 38.7 Å². The van der Waals surface area contributed by atoms with Gasteiger partial charge in [0.05, 0.1) is 12.5 Å². The third kappa shape index (κ3) is 12.8. The standard InChI is InChI=1S/C34H44N8O8S/c1-51-14-13-25(32(47)42-27(34(49)50)16-20-18-38-23-10-6-5-9-21(20)23)40-33(48)26(15-19-7-3-2-4-8-19)41-31(46)24(11-12-28(36)43)39-30(45)22(35)17-29(37)44/h2-10,18,22,24-27,38H,11-17,35H2,1H3,(H2,36,43)(H2,37,44)(H,39,45)(H,40,48)(H,41,46)(H,42,47)(H,49,50)/t22-,24-,25-,26-,27-/m0/s1. The van der Waals surface area contributed by atoms with Gasteiger partial charge in [-0.05, 0) is 42.0 Å². The Morgan fingerprint density at radius 3 is 1.92 bits per heavy atom. The van der Waals surface area contributed by atoms with Crippen LogP contribution in [0, 0.1) is 0 Å². The highest BCUT2D eigenvalue weighted by atomic mass is 32.2. The van der Waals surface area contributed by atoms with Crippen molar-refractivity contribution in [2.75, 3.05) is 12.0 Å². The fourth-order valence-electron chi connectivity index (χ4n) is 5.24. The summed E-state index contributed by atoms with van der Waals surface area (Å²) >= 11 is 1.41. The number of hydrogen-bond donors (Lipinski definition) is 9. The first-order chi connectivity index (χ1) is 24.3. The molecule has 17 heteroatoms. The molecule has 0 radical (unpaired) electrons. The minimum absolute atomic E-state index is 0.0253. The minimum Gasteiger partial charge on any atom is -0.480 e. The van der Waals surface area contributed by atoms with Crippen LogP contribution in [-0.2, 0) is 46.4 Å². The number of nitrogens with two attached hydrogens (primary N) is 3. The fraction of sp³-hybridized carbons (Fsp3) is 0.382. The first-order valence-corrected chi connectivity index (χ1v) is 17.5. The van der Waals surface area contributed by atoms with E-state index in [0.29, 0.717) is 16.9 Å². The van der Waals surface area contributed by atoms with Gasteiger partial charge in [-0.15, -0.1) is 0 Å². The van der Waals surface area contributed by atoms with Gasteiger partial charge in [0.2, 0.25) is 35.4 Å². The summed E-state index contributed by atoms with van der Waals surface area (Å²) in [4.78, 5) is 91.8. The zero-order valence-electron chi connectivity index (χ0n) is 28.1. The molecule has 0 aliphatic carbocycles. The van der Waals surface area contributed by atoms with E-state index in [-0.39, 0.29) is 32.1 Å². The third-order valence-electron chi connectivity index (χ3n) is 7.94. The molecule has 0 bridgehead atoms. The Bertz CT molecular complexity index is 1700. The summed E-state index contributed by atoms with van der Waals surface area (Å²) in [6.45, 7) is 0. The maximum Gasteiger partial charge on any atom is 0.326 e. The fourth-order valence-corrected chi connectivity index (χ4v) is 5.72. The molecule has 0 saturated carbocycles. The van der Waals surface area contributed by atoms with Gasteiger partial charge >= 0.3 is 5.97 Å². The van der Waals surface area contributed by atoms with Gasteiger partial charge in [0, 0.05) is 36.4 Å². The van der Waals surface area contributed by atoms with Crippen LogP contribution in [0.15, 0.2) is 60.8 Å². The Labute approximate surface area is 298 Å². The molecule has 0 spiro atoms. The molecular weight excluding hydrogens is 680 g/mol. The number of nitrogens with one attached hydrogen (secondary N) is 5. The largest absolute Gasteiger partial charge is 0.480 e. The quantitative estimate of drug-likeness (QED) is 0.0659. The van der Waals surface area contributed by atoms with Crippen molar-refractivity contribution in [3.05, 3.63) is 71.9 Å². The molecule has 2 aromatic carbocycles. The first kappa shape index (κ1) is 40.0. The van der Waals surface area contributed by atoms with Gasteiger partial charge in [-0.2, -0.15) is 11.8 Å². The lowest BCUT2D eigenvalue weighted by Crippen LogP contribution is -2.59. The van der Waals surface area contributed by atoms with Crippen LogP contribution in [0.1, 0.15) is 36.8 Å². The molecule has 0 unspecified atom stereocenters. The normalized spacial score (nSPS) is 13.9. The van der Waals surface area contributed by atoms with Crippen molar-refractivity contribution in [2.45, 2.75) is 68.7 Å². The summed E-state index contributed by atoms with van der Waals surface area (Å²) in [6, 6.07) is 9.47. The number of primary amides is 2. The van der Waals surface area contributed by atoms with E-state index < -0.39 is 78.0 Å². The number of hydrogen-bond acceptors (Lipinski definition) is 9. The maximum absolute atomic E-state index is 13.9. The van der Waals surface area contributed by atoms with Gasteiger partial charge in [0.1, 0.15) is 24.2 Å². The smallest absolute Gasteiger partial charge is 0.326 e. The molecule has 3 rings (SSSR count). The number of carbonyl (C=O) groups is 7. The van der Waals surface area contributed by atoms with Gasteiger partial charge in [-0.25, -0.2) is 4.79 Å². The Hall–Kier alpha value is -5.42. The number of rotatable bonds is 21. The van der Waals surface area contributed by atoms with Crippen molar-refractivity contribution >= 4 is 64.1 Å². The van der Waals surface area contributed by atoms with Crippen molar-refractivity contribution in [1.82, 2.24) is 26.3 Å². The Balaban J connectivity index is 1.83. The predicted molar refractivity (Wildman–Crippen MR) is 191 cm³/mol. The van der Waals surface area contributed by atoms with Gasteiger partial charge in [0.15, 0.2) is 0 Å². The molecule has 5 atom stereocenters. The molecular formula is C34H44N8O8S. The molecule has 0 aliphatic rings. The number of benzene rings is 2. The van der Waals surface area contributed by atoms with E-state index in [1.54, 1.807) is 36.5 Å². The van der Waals surface area contributed by atoms with E-state index >= 15 is 0 Å². The van der Waals surface area contributed by atoms with Crippen molar-refractivity contribution in [2.24, 2.45) is 17.2 Å². The highest BCUT2D eigenvalue weighted by Gasteiger charge is 2.32. The molecule has 0 saturated heterocycles. The number of thioether (sulfide) groups is 1. The van der Waals surface area contributed by atoms with Crippen LogP contribution in [-0.4, -0.2) is 93.7 Å². The Morgan fingerprint density at radius 2 is 1.29 bits per heavy atom. The summed E-state index contributed by atoms with van der Waals surface area (Å²) in [7, 11) is 0. The number of H-pyrrole nitrogens is 1. The van der Waals surface area contributed by atoms with Crippen molar-refractivity contribution in [1.29, 1.82) is 0 Å². The minimum atomic E-state index is -1.38. The molecule has 1 heterocycles. The van der Waals surface area contributed by atoms with Crippen LogP contribution >= 0.6 is 11.8 Å². The number of aromatic nitrogens is 1. The van der Waals surface area contributed by atoms with Crippen LogP contribution in [0.25, 0.3) is 10.9 Å². The summed E-state index contributed by atoms with van der Waals surface area (Å²) in [5, 5.41) is 21.0. The molecule has 16 nitrogen and oxygen atoms in total. The molecule has 0 fully saturated rings. The van der Waals surface area contributed by atoms with E-state index in [1.807, 2.05) is 30.5 Å². The number of carboxylic acid groups (broad SMARTS) is 1. The number of amides is 6. The molecule has 3 aromatic rings. The molecule has 51 heavy (non-hydrogen) atoms. The SMILES string of the molecule is CSCC[C@H](NC(=O)[C@H](Cc1ccccc1)NC(=O)[C@H](CCC(N)=O)NC(=O)[C@@H](N)CC(N)=O)C(=O)N[C@@H](Cc1c[nH]c2ccccc12)C(=O)O. The Kier molecular flexibility index (Phi) is 15.4. The van der Waals surface area contributed by atoms with Crippen LogP contribution in [0.4, 0.5) is 0 Å². The van der Waals surface area contributed by atoms with Crippen molar-refractivity contribution in [3.8, 4) is 0 Å². The lowest BCUT2D eigenvalue weighted by Gasteiger charge is -2.26. The lowest BCUT2D eigenvalue weighted by atomic mass is 10.0. The van der Waals surface area contributed by atoms with Crippen molar-refractivity contribution in [3.63, 3.8) is 0 Å². The zero-order valence-corrected chi connectivity index (χ0v) is 28.9. The summed E-state index contributed by atoms with van der Waals surface area (Å²) < 4.78 is 0. The van der Waals surface area contributed by atoms with E-state index in [9.17, 15) is 38.7 Å². The molecule has 274 valence electrons. The molecule has 6 amide bonds. The lowest BCUT2D eigenvalue weighted by molar-refractivity contribution is -0.142. The van der Waals surface area contributed by atoms with Crippen LogP contribution in [0.5, 0.6) is 0 Å². The number of fused-ring (bicyclic) bond motifs is 1. The summed E-state index contributed by atoms with van der Waals surface area (Å²) in [5.74, 6) is -5.68. The number of aromatic amines is 1. The second kappa shape index (κ2) is 19.7. The number of para-hydroxylation sites is 1. The summed E-state index contributed by atoms with van der Waals surface area (Å²) in [5.41, 5.74) is 18.3. The maximum atomic E-state index is 13.9. The predicted octanol–water partition coefficient (Wildman–Crippen LogP) is -0.802. The van der Waals surface area contributed by atoms with Gasteiger partial charge in [0.25, 0.3) is 0 Å². The average molecular weight is 725 g/mol. The number of carbonyl (C=O) groups excluding carboxylic acids is 6. The second-order valence-corrected chi connectivity index (χ2v) is 12.9. The topological polar surface area (TPSA) is 282 Å². The molecule has 0 aliphatic heterocycles. The third-order valence-corrected chi connectivity index (χ3v) is 8.59. The van der Waals surface area contributed by atoms with Crippen LogP contribution in [0.2, 0.25) is 0 Å². The van der Waals surface area contributed by atoms with Gasteiger partial charge in [-0.1, -0.05) is 48.5 Å². The number of aliphatic carboxylic acids is 1. The zero-order chi connectivity index (χ0) is 37.5. The summed E-state index contributed by atoms with van der Waals surface area (Å²) in [6.07, 6.45) is 2.51.